The fraction of sp³-hybridized carbons (Fsp3) is 0.333. The van der Waals surface area contributed by atoms with Crippen molar-refractivity contribution in [3.05, 3.63) is 33.8 Å². The molecule has 1 rings (SSSR count). The molecule has 1 aromatic rings. The second-order valence-electron chi connectivity index (χ2n) is 3.50. The molecule has 0 aliphatic carbocycles. The van der Waals surface area contributed by atoms with Crippen LogP contribution in [0.25, 0.3) is 0 Å². The third-order valence-corrected chi connectivity index (χ3v) is 2.71. The van der Waals surface area contributed by atoms with Gasteiger partial charge in [-0.3, -0.25) is 0 Å². The standard InChI is InChI=1S/C12H13BrO3/c1-8(14)3-4-9-7-10(13)5-6-11(9)12(15)16-2/h5-7H,3-4H2,1-2H3. The minimum Gasteiger partial charge on any atom is -0.465 e. The number of carbonyl (C=O) groups excluding carboxylic acids is 2. The number of halogens is 1. The highest BCUT2D eigenvalue weighted by Gasteiger charge is 2.12. The van der Waals surface area contributed by atoms with E-state index in [2.05, 4.69) is 20.7 Å². The number of hydrogen-bond donors (Lipinski definition) is 0. The second-order valence-corrected chi connectivity index (χ2v) is 4.41. The van der Waals surface area contributed by atoms with Crippen LogP contribution in [0.2, 0.25) is 0 Å². The fourth-order valence-corrected chi connectivity index (χ4v) is 1.80. The first-order chi connectivity index (χ1) is 7.54. The molecule has 0 aromatic heterocycles. The van der Waals surface area contributed by atoms with Gasteiger partial charge in [-0.2, -0.15) is 0 Å². The minimum atomic E-state index is -0.369. The van der Waals surface area contributed by atoms with Crippen LogP contribution in [0.5, 0.6) is 0 Å². The lowest BCUT2D eigenvalue weighted by molar-refractivity contribution is -0.116. The van der Waals surface area contributed by atoms with Gasteiger partial charge in [0.1, 0.15) is 5.78 Å². The molecule has 0 aliphatic heterocycles. The first kappa shape index (κ1) is 12.9. The van der Waals surface area contributed by atoms with E-state index < -0.39 is 0 Å². The molecular formula is C12H13BrO3. The summed E-state index contributed by atoms with van der Waals surface area (Å²) in [5.41, 5.74) is 1.35. The molecule has 4 heteroatoms. The SMILES string of the molecule is COC(=O)c1ccc(Br)cc1CCC(C)=O. The van der Waals surface area contributed by atoms with E-state index in [4.69, 9.17) is 0 Å². The van der Waals surface area contributed by atoms with Crippen LogP contribution in [-0.2, 0) is 16.0 Å². The molecule has 0 heterocycles. The van der Waals surface area contributed by atoms with Crippen molar-refractivity contribution < 1.29 is 14.3 Å². The zero-order chi connectivity index (χ0) is 12.1. The maximum Gasteiger partial charge on any atom is 0.338 e. The summed E-state index contributed by atoms with van der Waals surface area (Å²) in [7, 11) is 1.35. The van der Waals surface area contributed by atoms with Crippen LogP contribution >= 0.6 is 15.9 Å². The molecule has 0 saturated carbocycles. The Hall–Kier alpha value is -1.16. The van der Waals surface area contributed by atoms with Gasteiger partial charge >= 0.3 is 5.97 Å². The van der Waals surface area contributed by atoms with E-state index >= 15 is 0 Å². The van der Waals surface area contributed by atoms with Crippen molar-refractivity contribution in [2.45, 2.75) is 19.8 Å². The van der Waals surface area contributed by atoms with Gasteiger partial charge in [-0.05, 0) is 37.1 Å². The summed E-state index contributed by atoms with van der Waals surface area (Å²) >= 11 is 3.34. The highest BCUT2D eigenvalue weighted by molar-refractivity contribution is 9.10. The summed E-state index contributed by atoms with van der Waals surface area (Å²) in [5, 5.41) is 0. The smallest absolute Gasteiger partial charge is 0.338 e. The average Bonchev–Trinajstić information content (AvgIpc) is 2.25. The van der Waals surface area contributed by atoms with Gasteiger partial charge in [-0.25, -0.2) is 4.79 Å². The lowest BCUT2D eigenvalue weighted by Crippen LogP contribution is -2.07. The third-order valence-electron chi connectivity index (χ3n) is 2.22. The summed E-state index contributed by atoms with van der Waals surface area (Å²) in [4.78, 5) is 22.4. The van der Waals surface area contributed by atoms with Crippen molar-refractivity contribution in [1.29, 1.82) is 0 Å². The number of rotatable bonds is 4. The van der Waals surface area contributed by atoms with E-state index in [9.17, 15) is 9.59 Å². The van der Waals surface area contributed by atoms with E-state index in [1.54, 1.807) is 12.1 Å². The molecular weight excluding hydrogens is 272 g/mol. The highest BCUT2D eigenvalue weighted by atomic mass is 79.9. The Balaban J connectivity index is 2.98. The summed E-state index contributed by atoms with van der Waals surface area (Å²) in [6, 6.07) is 5.32. The van der Waals surface area contributed by atoms with E-state index in [0.29, 0.717) is 18.4 Å². The molecule has 0 atom stereocenters. The van der Waals surface area contributed by atoms with Crippen molar-refractivity contribution in [3.63, 3.8) is 0 Å². The molecule has 0 unspecified atom stereocenters. The molecule has 3 nitrogen and oxygen atoms in total. The van der Waals surface area contributed by atoms with Crippen LogP contribution in [0, 0.1) is 0 Å². The molecule has 0 fully saturated rings. The van der Waals surface area contributed by atoms with Crippen LogP contribution in [0.15, 0.2) is 22.7 Å². The van der Waals surface area contributed by atoms with Gasteiger partial charge in [-0.15, -0.1) is 0 Å². The van der Waals surface area contributed by atoms with Gasteiger partial charge < -0.3 is 9.53 Å². The molecule has 0 bridgehead atoms. The molecule has 1 aromatic carbocycles. The lowest BCUT2D eigenvalue weighted by atomic mass is 10.0. The Bertz CT molecular complexity index is 413. The average molecular weight is 285 g/mol. The van der Waals surface area contributed by atoms with Gasteiger partial charge in [-0.1, -0.05) is 15.9 Å². The number of hydrogen-bond acceptors (Lipinski definition) is 3. The largest absolute Gasteiger partial charge is 0.465 e. The molecule has 0 aliphatic rings. The molecule has 16 heavy (non-hydrogen) atoms. The number of ketones is 1. The molecule has 86 valence electrons. The van der Waals surface area contributed by atoms with E-state index in [-0.39, 0.29) is 11.8 Å². The maximum absolute atomic E-state index is 11.5. The number of esters is 1. The van der Waals surface area contributed by atoms with Crippen molar-refractivity contribution in [2.75, 3.05) is 7.11 Å². The molecule has 0 spiro atoms. The molecule has 0 saturated heterocycles. The van der Waals surface area contributed by atoms with Crippen molar-refractivity contribution in [3.8, 4) is 0 Å². The predicted molar refractivity (Wildman–Crippen MR) is 64.5 cm³/mol. The maximum atomic E-state index is 11.5. The van der Waals surface area contributed by atoms with Crippen LogP contribution in [-0.4, -0.2) is 18.9 Å². The Labute approximate surface area is 103 Å². The van der Waals surface area contributed by atoms with Crippen LogP contribution in [0.3, 0.4) is 0 Å². The normalized spacial score (nSPS) is 9.94. The monoisotopic (exact) mass is 284 g/mol. The van der Waals surface area contributed by atoms with E-state index in [1.807, 2.05) is 6.07 Å². The fourth-order valence-electron chi connectivity index (χ4n) is 1.39. The first-order valence-corrected chi connectivity index (χ1v) is 5.70. The Kier molecular flexibility index (Phi) is 4.68. The van der Waals surface area contributed by atoms with Crippen LogP contribution in [0.4, 0.5) is 0 Å². The molecule has 0 N–H and O–H groups in total. The quantitative estimate of drug-likeness (QED) is 0.799. The summed E-state index contributed by atoms with van der Waals surface area (Å²) in [6.45, 7) is 1.54. The van der Waals surface area contributed by atoms with E-state index in [0.717, 1.165) is 10.0 Å². The Morgan fingerprint density at radius 3 is 2.62 bits per heavy atom. The number of aryl methyl sites for hydroxylation is 1. The van der Waals surface area contributed by atoms with Gasteiger partial charge in [0.05, 0.1) is 12.7 Å². The Morgan fingerprint density at radius 1 is 1.38 bits per heavy atom. The first-order valence-electron chi connectivity index (χ1n) is 4.90. The number of benzene rings is 1. The number of ether oxygens (including phenoxy) is 1. The number of methoxy groups -OCH3 is 1. The van der Waals surface area contributed by atoms with Gasteiger partial charge in [0.2, 0.25) is 0 Å². The van der Waals surface area contributed by atoms with Gasteiger partial charge in [0.15, 0.2) is 0 Å². The summed E-state index contributed by atoms with van der Waals surface area (Å²) in [6.07, 6.45) is 0.986. The van der Waals surface area contributed by atoms with Gasteiger partial charge in [0.25, 0.3) is 0 Å². The van der Waals surface area contributed by atoms with E-state index in [1.165, 1.54) is 14.0 Å². The van der Waals surface area contributed by atoms with Gasteiger partial charge in [0, 0.05) is 10.9 Å². The van der Waals surface area contributed by atoms with Crippen molar-refractivity contribution in [2.24, 2.45) is 0 Å². The van der Waals surface area contributed by atoms with Crippen LogP contribution in [0.1, 0.15) is 29.3 Å². The Morgan fingerprint density at radius 2 is 2.06 bits per heavy atom. The summed E-state index contributed by atoms with van der Waals surface area (Å²) in [5.74, 6) is -0.262. The van der Waals surface area contributed by atoms with Crippen molar-refractivity contribution in [1.82, 2.24) is 0 Å². The van der Waals surface area contributed by atoms with Crippen LogP contribution < -0.4 is 0 Å². The minimum absolute atomic E-state index is 0.107. The third kappa shape index (κ3) is 3.45. The lowest BCUT2D eigenvalue weighted by Gasteiger charge is -2.07. The van der Waals surface area contributed by atoms with Crippen molar-refractivity contribution >= 4 is 27.7 Å². The predicted octanol–water partition coefficient (Wildman–Crippen LogP) is 2.76. The zero-order valence-corrected chi connectivity index (χ0v) is 10.8. The zero-order valence-electron chi connectivity index (χ0n) is 9.25. The highest BCUT2D eigenvalue weighted by Crippen LogP contribution is 2.19. The molecule has 0 radical (unpaired) electrons. The molecule has 0 amide bonds. The number of carbonyl (C=O) groups is 2. The topological polar surface area (TPSA) is 43.4 Å². The second kappa shape index (κ2) is 5.80. The number of Topliss-reactive ketones (excluding diaryl/α,β-unsaturated/α-hetero) is 1. The summed E-state index contributed by atoms with van der Waals surface area (Å²) < 4.78 is 5.57.